The van der Waals surface area contributed by atoms with E-state index < -0.39 is 0 Å². The number of nitrogens with one attached hydrogen (secondary N) is 1. The van der Waals surface area contributed by atoms with Crippen LogP contribution in [0.5, 0.6) is 0 Å². The molecule has 1 saturated carbocycles. The molecule has 0 aromatic heterocycles. The summed E-state index contributed by atoms with van der Waals surface area (Å²) in [5.74, 6) is 0.701. The van der Waals surface area contributed by atoms with Crippen molar-refractivity contribution in [1.82, 2.24) is 0 Å². The number of benzene rings is 1. The van der Waals surface area contributed by atoms with E-state index in [4.69, 9.17) is 0 Å². The van der Waals surface area contributed by atoms with Crippen molar-refractivity contribution in [2.24, 2.45) is 5.92 Å². The van der Waals surface area contributed by atoms with Gasteiger partial charge in [0.05, 0.1) is 0 Å². The summed E-state index contributed by atoms with van der Waals surface area (Å²) in [6.45, 7) is 2.27. The van der Waals surface area contributed by atoms with Gasteiger partial charge in [0.25, 0.3) is 0 Å². The van der Waals surface area contributed by atoms with E-state index >= 15 is 0 Å². The molecule has 1 nitrogen and oxygen atoms in total. The molecular weight excluding hydrogens is 201 g/mol. The summed E-state index contributed by atoms with van der Waals surface area (Å²) in [7, 11) is 0. The van der Waals surface area contributed by atoms with E-state index in [-0.39, 0.29) is 5.82 Å². The Kier molecular flexibility index (Phi) is 3.81. The van der Waals surface area contributed by atoms with Crippen LogP contribution in [-0.2, 0) is 0 Å². The van der Waals surface area contributed by atoms with Crippen molar-refractivity contribution < 1.29 is 4.39 Å². The number of hydrogen-bond donors (Lipinski definition) is 1. The van der Waals surface area contributed by atoms with Crippen LogP contribution in [0, 0.1) is 11.7 Å². The third-order valence-electron chi connectivity index (χ3n) is 3.58. The van der Waals surface area contributed by atoms with Crippen LogP contribution >= 0.6 is 0 Å². The molecule has 16 heavy (non-hydrogen) atoms. The molecule has 88 valence electrons. The predicted octanol–water partition coefficient (Wildman–Crippen LogP) is 4.21. The van der Waals surface area contributed by atoms with E-state index in [1.807, 2.05) is 12.1 Å². The van der Waals surface area contributed by atoms with E-state index in [9.17, 15) is 4.39 Å². The minimum atomic E-state index is -0.166. The van der Waals surface area contributed by atoms with Crippen LogP contribution in [0.25, 0.3) is 0 Å². The monoisotopic (exact) mass is 221 g/mol. The van der Waals surface area contributed by atoms with Crippen molar-refractivity contribution in [3.63, 3.8) is 0 Å². The molecule has 2 atom stereocenters. The molecule has 0 saturated heterocycles. The Bertz CT molecular complexity index is 320. The first-order valence-corrected chi connectivity index (χ1v) is 6.30. The third-order valence-corrected chi connectivity index (χ3v) is 3.58. The molecule has 1 aromatic carbocycles. The topological polar surface area (TPSA) is 12.0 Å². The van der Waals surface area contributed by atoms with Crippen molar-refractivity contribution in [2.45, 2.75) is 45.1 Å². The van der Waals surface area contributed by atoms with Gasteiger partial charge in [0.15, 0.2) is 0 Å². The zero-order chi connectivity index (χ0) is 11.4. The quantitative estimate of drug-likeness (QED) is 0.806. The van der Waals surface area contributed by atoms with Gasteiger partial charge in [-0.1, -0.05) is 26.2 Å². The summed E-state index contributed by atoms with van der Waals surface area (Å²) in [6, 6.07) is 7.25. The van der Waals surface area contributed by atoms with Gasteiger partial charge in [-0.05, 0) is 43.0 Å². The lowest BCUT2D eigenvalue weighted by Gasteiger charge is -2.29. The summed E-state index contributed by atoms with van der Waals surface area (Å²) in [6.07, 6.45) is 6.47. The highest BCUT2D eigenvalue weighted by Gasteiger charge is 2.20. The van der Waals surface area contributed by atoms with Gasteiger partial charge < -0.3 is 5.32 Å². The van der Waals surface area contributed by atoms with E-state index in [2.05, 4.69) is 12.2 Å². The Morgan fingerprint density at radius 3 is 2.69 bits per heavy atom. The normalized spacial score (nSPS) is 25.4. The third kappa shape index (κ3) is 2.97. The van der Waals surface area contributed by atoms with Crippen molar-refractivity contribution in [2.75, 3.05) is 5.32 Å². The Morgan fingerprint density at radius 1 is 1.25 bits per heavy atom. The lowest BCUT2D eigenvalue weighted by Crippen LogP contribution is -2.26. The maximum absolute atomic E-state index is 12.8. The molecule has 2 unspecified atom stereocenters. The molecule has 1 aromatic rings. The first kappa shape index (κ1) is 11.4. The van der Waals surface area contributed by atoms with Gasteiger partial charge >= 0.3 is 0 Å². The molecule has 0 amide bonds. The first-order valence-electron chi connectivity index (χ1n) is 6.30. The van der Waals surface area contributed by atoms with Gasteiger partial charge in [-0.3, -0.25) is 0 Å². The highest BCUT2D eigenvalue weighted by molar-refractivity contribution is 5.43. The zero-order valence-corrected chi connectivity index (χ0v) is 9.88. The average Bonchev–Trinajstić information content (AvgIpc) is 2.32. The summed E-state index contributed by atoms with van der Waals surface area (Å²) in [5, 5.41) is 3.51. The van der Waals surface area contributed by atoms with Crippen LogP contribution in [-0.4, -0.2) is 6.04 Å². The van der Waals surface area contributed by atoms with Gasteiger partial charge in [0.2, 0.25) is 0 Å². The van der Waals surface area contributed by atoms with E-state index in [0.717, 1.165) is 11.6 Å². The van der Waals surface area contributed by atoms with Gasteiger partial charge in [0, 0.05) is 11.7 Å². The Morgan fingerprint density at radius 2 is 2.00 bits per heavy atom. The average molecular weight is 221 g/mol. The van der Waals surface area contributed by atoms with Crippen LogP contribution in [0.4, 0.5) is 10.1 Å². The Balaban J connectivity index is 1.91. The van der Waals surface area contributed by atoms with Crippen LogP contribution in [0.1, 0.15) is 39.0 Å². The summed E-state index contributed by atoms with van der Waals surface area (Å²) in [4.78, 5) is 0. The number of hydrogen-bond acceptors (Lipinski definition) is 1. The van der Waals surface area contributed by atoms with Crippen molar-refractivity contribution in [3.8, 4) is 0 Å². The van der Waals surface area contributed by atoms with E-state index in [1.54, 1.807) is 0 Å². The van der Waals surface area contributed by atoms with Crippen molar-refractivity contribution >= 4 is 5.69 Å². The molecule has 0 spiro atoms. The molecule has 2 rings (SSSR count). The summed E-state index contributed by atoms with van der Waals surface area (Å²) < 4.78 is 12.8. The van der Waals surface area contributed by atoms with Gasteiger partial charge in [0.1, 0.15) is 5.82 Å². The maximum Gasteiger partial charge on any atom is 0.123 e. The predicted molar refractivity (Wildman–Crippen MR) is 66.1 cm³/mol. The molecule has 2 heteroatoms. The van der Waals surface area contributed by atoms with Crippen LogP contribution in [0.15, 0.2) is 24.3 Å². The Hall–Kier alpha value is -1.05. The Labute approximate surface area is 97.1 Å². The molecule has 0 bridgehead atoms. The highest BCUT2D eigenvalue weighted by atomic mass is 19.1. The second kappa shape index (κ2) is 5.33. The largest absolute Gasteiger partial charge is 0.382 e. The molecule has 1 fully saturated rings. The van der Waals surface area contributed by atoms with Crippen LogP contribution < -0.4 is 5.32 Å². The smallest absolute Gasteiger partial charge is 0.123 e. The maximum atomic E-state index is 12.8. The highest BCUT2D eigenvalue weighted by Crippen LogP contribution is 2.28. The fourth-order valence-corrected chi connectivity index (χ4v) is 2.57. The zero-order valence-electron chi connectivity index (χ0n) is 9.88. The molecule has 0 heterocycles. The molecule has 1 aliphatic carbocycles. The molecular formula is C14H20FN. The molecule has 0 radical (unpaired) electrons. The van der Waals surface area contributed by atoms with Gasteiger partial charge in [-0.25, -0.2) is 4.39 Å². The molecule has 1 N–H and O–H groups in total. The second-order valence-corrected chi connectivity index (χ2v) is 4.79. The van der Waals surface area contributed by atoms with Gasteiger partial charge in [-0.15, -0.1) is 0 Å². The summed E-state index contributed by atoms with van der Waals surface area (Å²) >= 11 is 0. The first-order chi connectivity index (χ1) is 7.78. The number of halogens is 1. The second-order valence-electron chi connectivity index (χ2n) is 4.79. The molecule has 1 aliphatic rings. The lowest BCUT2D eigenvalue weighted by molar-refractivity contribution is 0.327. The lowest BCUT2D eigenvalue weighted by atomic mass is 9.84. The minimum Gasteiger partial charge on any atom is -0.382 e. The molecule has 0 aliphatic heterocycles. The SMILES string of the molecule is CCC1CCCC(Nc2ccc(F)cc2)C1. The van der Waals surface area contributed by atoms with E-state index in [0.29, 0.717) is 6.04 Å². The van der Waals surface area contributed by atoms with Crippen molar-refractivity contribution in [3.05, 3.63) is 30.1 Å². The van der Waals surface area contributed by atoms with Crippen LogP contribution in [0.2, 0.25) is 0 Å². The van der Waals surface area contributed by atoms with Crippen molar-refractivity contribution in [1.29, 1.82) is 0 Å². The number of anilines is 1. The standard InChI is InChI=1S/C14H20FN/c1-2-11-4-3-5-14(10-11)16-13-8-6-12(15)7-9-13/h6-9,11,14,16H,2-5,10H2,1H3. The van der Waals surface area contributed by atoms with Gasteiger partial charge in [-0.2, -0.15) is 0 Å². The fourth-order valence-electron chi connectivity index (χ4n) is 2.57. The summed E-state index contributed by atoms with van der Waals surface area (Å²) in [5.41, 5.74) is 1.04. The number of rotatable bonds is 3. The minimum absolute atomic E-state index is 0.166. The van der Waals surface area contributed by atoms with E-state index in [1.165, 1.54) is 44.2 Å². The van der Waals surface area contributed by atoms with Crippen LogP contribution in [0.3, 0.4) is 0 Å². The fraction of sp³-hybridized carbons (Fsp3) is 0.571.